The molecule has 1 aromatic heterocycles. The lowest BCUT2D eigenvalue weighted by Gasteiger charge is -2.29. The van der Waals surface area contributed by atoms with Gasteiger partial charge in [0, 0.05) is 18.0 Å². The Hall–Kier alpha value is -2.43. The smallest absolute Gasteiger partial charge is 0.234 e. The van der Waals surface area contributed by atoms with Gasteiger partial charge in [-0.2, -0.15) is 0 Å². The van der Waals surface area contributed by atoms with Crippen molar-refractivity contribution < 1.29 is 9.53 Å². The molecule has 0 unspecified atom stereocenters. The summed E-state index contributed by atoms with van der Waals surface area (Å²) in [6, 6.07) is 24.3. The zero-order valence-corrected chi connectivity index (χ0v) is 16.7. The van der Waals surface area contributed by atoms with E-state index in [0.717, 1.165) is 30.6 Å². The summed E-state index contributed by atoms with van der Waals surface area (Å²) in [6.45, 7) is 2.08. The Balaban J connectivity index is 1.66. The molecule has 4 rings (SSSR count). The van der Waals surface area contributed by atoms with E-state index in [2.05, 4.69) is 11.4 Å². The Morgan fingerprint density at radius 1 is 1.00 bits per heavy atom. The zero-order chi connectivity index (χ0) is 19.2. The molecular formula is C24H25NO2S. The Bertz CT molecular complexity index is 819. The Morgan fingerprint density at radius 3 is 2.21 bits per heavy atom. The molecule has 0 aliphatic carbocycles. The third kappa shape index (κ3) is 4.51. The molecular weight excluding hydrogens is 366 g/mol. The molecule has 0 N–H and O–H groups in total. The van der Waals surface area contributed by atoms with Crippen molar-refractivity contribution in [1.29, 1.82) is 0 Å². The van der Waals surface area contributed by atoms with Gasteiger partial charge in [-0.05, 0) is 35.4 Å². The minimum Gasteiger partial charge on any atom is -0.376 e. The summed E-state index contributed by atoms with van der Waals surface area (Å²) < 4.78 is 5.85. The first-order chi connectivity index (χ1) is 13.8. The molecule has 1 atom stereocenters. The second kappa shape index (κ2) is 9.18. The largest absolute Gasteiger partial charge is 0.376 e. The molecule has 0 radical (unpaired) electrons. The fraction of sp³-hybridized carbons (Fsp3) is 0.292. The summed E-state index contributed by atoms with van der Waals surface area (Å²) in [7, 11) is 0. The molecule has 0 bridgehead atoms. The van der Waals surface area contributed by atoms with Gasteiger partial charge in [0.05, 0.1) is 18.6 Å². The van der Waals surface area contributed by atoms with Crippen LogP contribution in [0.3, 0.4) is 0 Å². The third-order valence-electron chi connectivity index (χ3n) is 5.20. The van der Waals surface area contributed by atoms with Crippen molar-refractivity contribution in [3.05, 3.63) is 94.2 Å². The fourth-order valence-corrected chi connectivity index (χ4v) is 4.53. The maximum absolute atomic E-state index is 13.8. The molecule has 144 valence electrons. The van der Waals surface area contributed by atoms with Crippen LogP contribution < -0.4 is 0 Å². The summed E-state index contributed by atoms with van der Waals surface area (Å²) in [5, 5.41) is 2.07. The number of carbonyl (C=O) groups is 1. The number of benzene rings is 2. The van der Waals surface area contributed by atoms with Gasteiger partial charge in [0.15, 0.2) is 0 Å². The monoisotopic (exact) mass is 391 g/mol. The number of hydrogen-bond acceptors (Lipinski definition) is 3. The molecule has 0 spiro atoms. The minimum absolute atomic E-state index is 0.135. The summed E-state index contributed by atoms with van der Waals surface area (Å²) in [6.07, 6.45) is 2.23. The highest BCUT2D eigenvalue weighted by Gasteiger charge is 2.30. The number of nitrogens with zero attached hydrogens (tertiary/aromatic N) is 1. The molecule has 1 aliphatic heterocycles. The quantitative estimate of drug-likeness (QED) is 0.562. The highest BCUT2D eigenvalue weighted by Crippen LogP contribution is 2.29. The van der Waals surface area contributed by atoms with Crippen LogP contribution in [0.25, 0.3) is 0 Å². The number of thiophene rings is 1. The molecule has 3 aromatic rings. The molecule has 1 saturated heterocycles. The Labute approximate surface area is 170 Å². The van der Waals surface area contributed by atoms with Crippen LogP contribution in [-0.2, 0) is 16.1 Å². The Morgan fingerprint density at radius 2 is 1.68 bits per heavy atom. The number of carbonyl (C=O) groups excluding carboxylic acids is 1. The van der Waals surface area contributed by atoms with E-state index in [9.17, 15) is 4.79 Å². The summed E-state index contributed by atoms with van der Waals surface area (Å²) >= 11 is 1.70. The number of amides is 1. The van der Waals surface area contributed by atoms with E-state index in [1.165, 1.54) is 4.88 Å². The first-order valence-corrected chi connectivity index (χ1v) is 10.7. The number of rotatable bonds is 7. The van der Waals surface area contributed by atoms with E-state index in [1.807, 2.05) is 71.6 Å². The molecule has 3 nitrogen and oxygen atoms in total. The van der Waals surface area contributed by atoms with Crippen LogP contribution in [0.4, 0.5) is 0 Å². The first kappa shape index (κ1) is 18.9. The van der Waals surface area contributed by atoms with Crippen molar-refractivity contribution in [3.63, 3.8) is 0 Å². The van der Waals surface area contributed by atoms with Gasteiger partial charge in [-0.1, -0.05) is 66.7 Å². The van der Waals surface area contributed by atoms with E-state index in [-0.39, 0.29) is 17.9 Å². The van der Waals surface area contributed by atoms with Gasteiger partial charge < -0.3 is 9.64 Å². The van der Waals surface area contributed by atoms with Crippen LogP contribution in [0, 0.1) is 0 Å². The molecule has 1 fully saturated rings. The molecule has 2 heterocycles. The number of ether oxygens (including phenoxy) is 1. The standard InChI is InChI=1S/C24H25NO2S/c26-24(23(19-9-3-1-4-10-19)20-11-5-2-6-12-20)25(17-21-13-7-15-27-21)18-22-14-8-16-28-22/h1-6,8-12,14,16,21,23H,7,13,15,17-18H2/t21-/m1/s1. The van der Waals surface area contributed by atoms with Gasteiger partial charge in [0.2, 0.25) is 5.91 Å². The van der Waals surface area contributed by atoms with Crippen LogP contribution in [0.5, 0.6) is 0 Å². The van der Waals surface area contributed by atoms with E-state index < -0.39 is 0 Å². The van der Waals surface area contributed by atoms with Gasteiger partial charge >= 0.3 is 0 Å². The summed E-state index contributed by atoms with van der Waals surface area (Å²) in [5.74, 6) is -0.162. The maximum atomic E-state index is 13.8. The van der Waals surface area contributed by atoms with Crippen LogP contribution >= 0.6 is 11.3 Å². The summed E-state index contributed by atoms with van der Waals surface area (Å²) in [5.41, 5.74) is 2.06. The molecule has 1 amide bonds. The normalized spacial score (nSPS) is 16.4. The van der Waals surface area contributed by atoms with Gasteiger partial charge in [-0.25, -0.2) is 0 Å². The van der Waals surface area contributed by atoms with Crippen LogP contribution in [-0.4, -0.2) is 30.1 Å². The van der Waals surface area contributed by atoms with Crippen molar-refractivity contribution in [3.8, 4) is 0 Å². The lowest BCUT2D eigenvalue weighted by molar-refractivity contribution is -0.134. The number of hydrogen-bond donors (Lipinski definition) is 0. The molecule has 2 aromatic carbocycles. The minimum atomic E-state index is -0.302. The van der Waals surface area contributed by atoms with Crippen molar-refractivity contribution in [2.45, 2.75) is 31.4 Å². The van der Waals surface area contributed by atoms with E-state index in [4.69, 9.17) is 4.74 Å². The SMILES string of the molecule is O=C(C(c1ccccc1)c1ccccc1)N(Cc1cccs1)C[C@H]1CCCO1. The highest BCUT2D eigenvalue weighted by atomic mass is 32.1. The second-order valence-corrected chi connectivity index (χ2v) is 8.22. The first-order valence-electron chi connectivity index (χ1n) is 9.84. The van der Waals surface area contributed by atoms with Gasteiger partial charge in [-0.15, -0.1) is 11.3 Å². The van der Waals surface area contributed by atoms with E-state index in [1.54, 1.807) is 11.3 Å². The van der Waals surface area contributed by atoms with Crippen molar-refractivity contribution >= 4 is 17.2 Å². The van der Waals surface area contributed by atoms with Crippen LogP contribution in [0.15, 0.2) is 78.2 Å². The second-order valence-electron chi connectivity index (χ2n) is 7.19. The lowest BCUT2D eigenvalue weighted by Crippen LogP contribution is -2.40. The van der Waals surface area contributed by atoms with Crippen molar-refractivity contribution in [1.82, 2.24) is 4.90 Å². The zero-order valence-electron chi connectivity index (χ0n) is 15.9. The summed E-state index contributed by atoms with van der Waals surface area (Å²) in [4.78, 5) is 17.0. The molecule has 4 heteroatoms. The van der Waals surface area contributed by atoms with Gasteiger partial charge in [-0.3, -0.25) is 4.79 Å². The van der Waals surface area contributed by atoms with Crippen LogP contribution in [0.1, 0.15) is 34.8 Å². The maximum Gasteiger partial charge on any atom is 0.234 e. The third-order valence-corrected chi connectivity index (χ3v) is 6.06. The fourth-order valence-electron chi connectivity index (χ4n) is 3.81. The molecule has 1 aliphatic rings. The van der Waals surface area contributed by atoms with E-state index >= 15 is 0 Å². The average molecular weight is 392 g/mol. The van der Waals surface area contributed by atoms with E-state index in [0.29, 0.717) is 13.1 Å². The highest BCUT2D eigenvalue weighted by molar-refractivity contribution is 7.09. The predicted octanol–water partition coefficient (Wildman–Crippen LogP) is 5.09. The van der Waals surface area contributed by atoms with Crippen LogP contribution in [0.2, 0.25) is 0 Å². The van der Waals surface area contributed by atoms with Crippen molar-refractivity contribution in [2.75, 3.05) is 13.2 Å². The topological polar surface area (TPSA) is 29.5 Å². The average Bonchev–Trinajstić information content (AvgIpc) is 3.44. The predicted molar refractivity (Wildman–Crippen MR) is 113 cm³/mol. The van der Waals surface area contributed by atoms with Crippen molar-refractivity contribution in [2.24, 2.45) is 0 Å². The lowest BCUT2D eigenvalue weighted by atomic mass is 9.90. The molecule has 0 saturated carbocycles. The van der Waals surface area contributed by atoms with Gasteiger partial charge in [0.1, 0.15) is 0 Å². The van der Waals surface area contributed by atoms with Gasteiger partial charge in [0.25, 0.3) is 0 Å². The Kier molecular flexibility index (Phi) is 6.20. The molecule has 28 heavy (non-hydrogen) atoms.